The molecule has 6 heteroatoms. The van der Waals surface area contributed by atoms with Crippen LogP contribution in [0.4, 0.5) is 10.1 Å². The first-order valence-electron chi connectivity index (χ1n) is 8.72. The number of para-hydroxylation sites is 1. The van der Waals surface area contributed by atoms with E-state index in [0.29, 0.717) is 17.7 Å². The van der Waals surface area contributed by atoms with Crippen molar-refractivity contribution >= 4 is 15.7 Å². The number of halogens is 1. The largest absolute Gasteiger partial charge is 0.364 e. The fourth-order valence-electron chi connectivity index (χ4n) is 3.35. The average Bonchev–Trinajstić information content (AvgIpc) is 2.68. The zero-order chi connectivity index (χ0) is 18.9. The topological polar surface area (TPSA) is 49.4 Å². The van der Waals surface area contributed by atoms with Gasteiger partial charge >= 0.3 is 0 Å². The van der Waals surface area contributed by atoms with Crippen LogP contribution in [0.5, 0.6) is 0 Å². The lowest BCUT2D eigenvalue weighted by Gasteiger charge is -2.37. The van der Waals surface area contributed by atoms with Crippen molar-refractivity contribution in [1.29, 1.82) is 0 Å². The quantitative estimate of drug-likeness (QED) is 0.736. The van der Waals surface area contributed by atoms with Crippen LogP contribution >= 0.6 is 0 Å². The number of nitrogens with one attached hydrogen (secondary N) is 1. The van der Waals surface area contributed by atoms with Gasteiger partial charge in [0, 0.05) is 6.54 Å². The Morgan fingerprint density at radius 3 is 2.44 bits per heavy atom. The van der Waals surface area contributed by atoms with Gasteiger partial charge in [0.2, 0.25) is 10.0 Å². The van der Waals surface area contributed by atoms with Gasteiger partial charge in [0.25, 0.3) is 0 Å². The summed E-state index contributed by atoms with van der Waals surface area (Å²) in [4.78, 5) is 0.241. The minimum Gasteiger partial charge on any atom is -0.364 e. The van der Waals surface area contributed by atoms with Gasteiger partial charge in [-0.15, -0.1) is 0 Å². The molecule has 0 fully saturated rings. The van der Waals surface area contributed by atoms with Crippen molar-refractivity contribution in [2.45, 2.75) is 17.5 Å². The molecule has 0 aliphatic carbocycles. The third-order valence-electron chi connectivity index (χ3n) is 4.68. The highest BCUT2D eigenvalue weighted by atomic mass is 32.2. The highest BCUT2D eigenvalue weighted by Gasteiger charge is 2.38. The SMILES string of the molecule is O=S1(=O)c2ccccc2NC(c2cccc(F)c2)N1CCc1ccccc1. The Balaban J connectivity index is 1.75. The molecule has 0 saturated heterocycles. The number of anilines is 1. The molecule has 0 saturated carbocycles. The first kappa shape index (κ1) is 17.7. The zero-order valence-corrected chi connectivity index (χ0v) is 15.4. The molecule has 4 nitrogen and oxygen atoms in total. The molecule has 0 aromatic heterocycles. The third kappa shape index (κ3) is 3.46. The van der Waals surface area contributed by atoms with E-state index in [0.717, 1.165) is 5.56 Å². The van der Waals surface area contributed by atoms with E-state index in [1.807, 2.05) is 30.3 Å². The second-order valence-electron chi connectivity index (χ2n) is 6.45. The van der Waals surface area contributed by atoms with Crippen LogP contribution in [0.15, 0.2) is 83.8 Å². The van der Waals surface area contributed by atoms with E-state index in [1.54, 1.807) is 36.4 Å². The highest BCUT2D eigenvalue weighted by molar-refractivity contribution is 7.89. The Labute approximate surface area is 158 Å². The average molecular weight is 382 g/mol. The Kier molecular flexibility index (Phi) is 4.68. The number of rotatable bonds is 4. The van der Waals surface area contributed by atoms with Crippen LogP contribution in [0.1, 0.15) is 17.3 Å². The summed E-state index contributed by atoms with van der Waals surface area (Å²) < 4.78 is 41.8. The third-order valence-corrected chi connectivity index (χ3v) is 6.60. The summed E-state index contributed by atoms with van der Waals surface area (Å²) in [6.07, 6.45) is -0.0975. The van der Waals surface area contributed by atoms with E-state index >= 15 is 0 Å². The predicted molar refractivity (Wildman–Crippen MR) is 103 cm³/mol. The van der Waals surface area contributed by atoms with Crippen LogP contribution in [0.3, 0.4) is 0 Å². The summed E-state index contributed by atoms with van der Waals surface area (Å²) in [5, 5.41) is 3.26. The molecule has 0 spiro atoms. The molecule has 27 heavy (non-hydrogen) atoms. The van der Waals surface area contributed by atoms with Crippen LogP contribution in [0, 0.1) is 5.82 Å². The van der Waals surface area contributed by atoms with Gasteiger partial charge in [-0.3, -0.25) is 0 Å². The number of benzene rings is 3. The van der Waals surface area contributed by atoms with Crippen molar-refractivity contribution in [2.75, 3.05) is 11.9 Å². The minimum atomic E-state index is -3.71. The van der Waals surface area contributed by atoms with Crippen molar-refractivity contribution in [3.05, 3.63) is 95.8 Å². The lowest BCUT2D eigenvalue weighted by Crippen LogP contribution is -2.43. The molecule has 1 N–H and O–H groups in total. The Morgan fingerprint density at radius 1 is 0.926 bits per heavy atom. The van der Waals surface area contributed by atoms with Gasteiger partial charge in [-0.1, -0.05) is 54.6 Å². The van der Waals surface area contributed by atoms with E-state index in [9.17, 15) is 12.8 Å². The second-order valence-corrected chi connectivity index (χ2v) is 8.31. The number of nitrogens with zero attached hydrogens (tertiary/aromatic N) is 1. The summed E-state index contributed by atoms with van der Waals surface area (Å²) in [5.74, 6) is -0.395. The molecule has 138 valence electrons. The first-order chi connectivity index (χ1) is 13.1. The maximum atomic E-state index is 13.8. The zero-order valence-electron chi connectivity index (χ0n) is 14.5. The van der Waals surface area contributed by atoms with Crippen LogP contribution < -0.4 is 5.32 Å². The summed E-state index contributed by atoms with van der Waals surface area (Å²) >= 11 is 0. The van der Waals surface area contributed by atoms with E-state index in [4.69, 9.17) is 0 Å². The normalized spacial score (nSPS) is 18.5. The number of hydrogen-bond acceptors (Lipinski definition) is 3. The van der Waals surface area contributed by atoms with Crippen molar-refractivity contribution < 1.29 is 12.8 Å². The van der Waals surface area contributed by atoms with E-state index in [2.05, 4.69) is 5.32 Å². The number of hydrogen-bond donors (Lipinski definition) is 1. The van der Waals surface area contributed by atoms with Crippen molar-refractivity contribution in [3.63, 3.8) is 0 Å². The fourth-order valence-corrected chi connectivity index (χ4v) is 5.05. The fraction of sp³-hybridized carbons (Fsp3) is 0.143. The van der Waals surface area contributed by atoms with Crippen molar-refractivity contribution in [2.24, 2.45) is 0 Å². The van der Waals surface area contributed by atoms with Gasteiger partial charge < -0.3 is 5.32 Å². The van der Waals surface area contributed by atoms with Gasteiger partial charge in [-0.25, -0.2) is 12.8 Å². The highest BCUT2D eigenvalue weighted by Crippen LogP contribution is 2.38. The molecule has 1 atom stereocenters. The molecule has 1 aliphatic heterocycles. The Hall–Kier alpha value is -2.70. The molecule has 4 rings (SSSR count). The molecule has 0 amide bonds. The van der Waals surface area contributed by atoms with Gasteiger partial charge in [0.1, 0.15) is 16.9 Å². The predicted octanol–water partition coefficient (Wildman–Crippen LogP) is 4.18. The molecule has 3 aromatic rings. The summed E-state index contributed by atoms with van der Waals surface area (Å²) in [6.45, 7) is 0.287. The minimum absolute atomic E-state index is 0.241. The van der Waals surface area contributed by atoms with Crippen LogP contribution in [-0.2, 0) is 16.4 Å². The standard InChI is InChI=1S/C21H19FN2O2S/c22-18-10-6-9-17(15-18)21-23-19-11-4-5-12-20(19)27(25,26)24(21)14-13-16-7-2-1-3-8-16/h1-12,15,21,23H,13-14H2. The van der Waals surface area contributed by atoms with Crippen LogP contribution in [0.2, 0.25) is 0 Å². The Morgan fingerprint density at radius 2 is 1.67 bits per heavy atom. The van der Waals surface area contributed by atoms with Gasteiger partial charge in [0.15, 0.2) is 0 Å². The van der Waals surface area contributed by atoms with Gasteiger partial charge in [-0.05, 0) is 41.8 Å². The molecule has 1 unspecified atom stereocenters. The van der Waals surface area contributed by atoms with Crippen molar-refractivity contribution in [1.82, 2.24) is 4.31 Å². The van der Waals surface area contributed by atoms with Crippen molar-refractivity contribution in [3.8, 4) is 0 Å². The maximum absolute atomic E-state index is 13.8. The van der Waals surface area contributed by atoms with Gasteiger partial charge in [0.05, 0.1) is 5.69 Å². The molecule has 0 radical (unpaired) electrons. The summed E-state index contributed by atoms with van der Waals surface area (Å²) in [6, 6.07) is 22.6. The Bertz CT molecular complexity index is 1050. The molecular weight excluding hydrogens is 363 g/mol. The lowest BCUT2D eigenvalue weighted by atomic mass is 10.1. The first-order valence-corrected chi connectivity index (χ1v) is 10.2. The summed E-state index contributed by atoms with van der Waals surface area (Å²) in [7, 11) is -3.71. The lowest BCUT2D eigenvalue weighted by molar-refractivity contribution is 0.344. The molecule has 3 aromatic carbocycles. The molecular formula is C21H19FN2O2S. The molecule has 1 aliphatic rings. The van der Waals surface area contributed by atoms with E-state index in [-0.39, 0.29) is 11.4 Å². The van der Waals surface area contributed by atoms with Gasteiger partial charge in [-0.2, -0.15) is 4.31 Å². The molecule has 1 heterocycles. The van der Waals surface area contributed by atoms with Crippen LogP contribution in [0.25, 0.3) is 0 Å². The van der Waals surface area contributed by atoms with Crippen LogP contribution in [-0.4, -0.2) is 19.3 Å². The second kappa shape index (κ2) is 7.13. The van der Waals surface area contributed by atoms with E-state index < -0.39 is 22.0 Å². The number of fused-ring (bicyclic) bond motifs is 1. The maximum Gasteiger partial charge on any atom is 0.247 e. The monoisotopic (exact) mass is 382 g/mol. The molecule has 0 bridgehead atoms. The summed E-state index contributed by atoms with van der Waals surface area (Å²) in [5.41, 5.74) is 2.15. The number of sulfonamides is 1. The van der Waals surface area contributed by atoms with E-state index in [1.165, 1.54) is 16.4 Å². The smallest absolute Gasteiger partial charge is 0.247 e.